The maximum absolute atomic E-state index is 12.5. The molecule has 0 bridgehead atoms. The van der Waals surface area contributed by atoms with Gasteiger partial charge in [-0.25, -0.2) is 4.79 Å². The fraction of sp³-hybridized carbons (Fsp3) is 0.529. The summed E-state index contributed by atoms with van der Waals surface area (Å²) < 4.78 is 5.39. The highest BCUT2D eigenvalue weighted by Gasteiger charge is 2.32. The Morgan fingerprint density at radius 2 is 1.77 bits per heavy atom. The summed E-state index contributed by atoms with van der Waals surface area (Å²) in [7, 11) is 0. The molecule has 120 valence electrons. The summed E-state index contributed by atoms with van der Waals surface area (Å²) in [5, 5.41) is 0. The summed E-state index contributed by atoms with van der Waals surface area (Å²) in [5.41, 5.74) is 0.178. The molecule has 1 aliphatic rings. The minimum absolute atomic E-state index is 0.0111. The molecule has 1 heterocycles. The van der Waals surface area contributed by atoms with Crippen molar-refractivity contribution < 1.29 is 14.3 Å². The van der Waals surface area contributed by atoms with E-state index in [0.717, 1.165) is 0 Å². The molecule has 5 nitrogen and oxygen atoms in total. The van der Waals surface area contributed by atoms with Gasteiger partial charge in [0.2, 0.25) is 0 Å². The van der Waals surface area contributed by atoms with Crippen molar-refractivity contribution in [1.29, 1.82) is 0 Å². The second-order valence-electron chi connectivity index (χ2n) is 6.64. The van der Waals surface area contributed by atoms with Crippen molar-refractivity contribution in [3.05, 3.63) is 35.9 Å². The third-order valence-electron chi connectivity index (χ3n) is 3.56. The van der Waals surface area contributed by atoms with Gasteiger partial charge in [-0.2, -0.15) is 0 Å². The first-order valence-electron chi connectivity index (χ1n) is 7.62. The van der Waals surface area contributed by atoms with Crippen LogP contribution >= 0.6 is 0 Å². The zero-order valence-corrected chi connectivity index (χ0v) is 13.7. The predicted molar refractivity (Wildman–Crippen MR) is 84.7 cm³/mol. The zero-order valence-electron chi connectivity index (χ0n) is 13.7. The molecule has 0 aliphatic carbocycles. The smallest absolute Gasteiger partial charge is 0.410 e. The number of benzene rings is 1. The summed E-state index contributed by atoms with van der Waals surface area (Å²) in [6, 6.07) is 9.20. The lowest BCUT2D eigenvalue weighted by atomic mass is 10.1. The summed E-state index contributed by atoms with van der Waals surface area (Å²) in [4.78, 5) is 28.1. The second-order valence-corrected chi connectivity index (χ2v) is 6.64. The maximum Gasteiger partial charge on any atom is 0.410 e. The van der Waals surface area contributed by atoms with E-state index in [2.05, 4.69) is 0 Å². The van der Waals surface area contributed by atoms with E-state index >= 15 is 0 Å². The molecule has 0 radical (unpaired) electrons. The third kappa shape index (κ3) is 4.00. The highest BCUT2D eigenvalue weighted by atomic mass is 16.6. The lowest BCUT2D eigenvalue weighted by Gasteiger charge is -2.40. The average molecular weight is 304 g/mol. The maximum atomic E-state index is 12.5. The van der Waals surface area contributed by atoms with Gasteiger partial charge in [0.1, 0.15) is 5.60 Å². The lowest BCUT2D eigenvalue weighted by molar-refractivity contribution is 0.00617. The molecule has 0 saturated carbocycles. The van der Waals surface area contributed by atoms with E-state index in [-0.39, 0.29) is 18.0 Å². The molecule has 1 atom stereocenters. The molecule has 0 unspecified atom stereocenters. The molecule has 1 saturated heterocycles. The fourth-order valence-corrected chi connectivity index (χ4v) is 2.50. The van der Waals surface area contributed by atoms with E-state index in [1.165, 1.54) is 0 Å². The normalized spacial score (nSPS) is 19.0. The Labute approximate surface area is 131 Å². The van der Waals surface area contributed by atoms with Crippen LogP contribution in [0.25, 0.3) is 0 Å². The molecule has 0 aromatic heterocycles. The van der Waals surface area contributed by atoms with Crippen molar-refractivity contribution in [2.75, 3.05) is 19.6 Å². The van der Waals surface area contributed by atoms with Crippen molar-refractivity contribution in [3.63, 3.8) is 0 Å². The van der Waals surface area contributed by atoms with Gasteiger partial charge in [-0.1, -0.05) is 18.2 Å². The fourth-order valence-electron chi connectivity index (χ4n) is 2.50. The number of rotatable bonds is 1. The Morgan fingerprint density at radius 3 is 2.32 bits per heavy atom. The Hall–Kier alpha value is -2.04. The van der Waals surface area contributed by atoms with Gasteiger partial charge in [0.05, 0.1) is 0 Å². The van der Waals surface area contributed by atoms with Crippen LogP contribution in [0.4, 0.5) is 4.79 Å². The van der Waals surface area contributed by atoms with Crippen molar-refractivity contribution in [1.82, 2.24) is 9.80 Å². The van der Waals surface area contributed by atoms with Crippen LogP contribution in [0.1, 0.15) is 38.1 Å². The first-order valence-corrected chi connectivity index (χ1v) is 7.62. The minimum atomic E-state index is -0.503. The largest absolute Gasteiger partial charge is 0.444 e. The van der Waals surface area contributed by atoms with E-state index in [9.17, 15) is 9.59 Å². The molecule has 2 rings (SSSR count). The van der Waals surface area contributed by atoms with Gasteiger partial charge in [0.15, 0.2) is 0 Å². The van der Waals surface area contributed by atoms with Crippen molar-refractivity contribution in [2.45, 2.75) is 39.3 Å². The van der Waals surface area contributed by atoms with E-state index in [1.807, 2.05) is 62.9 Å². The average Bonchev–Trinajstić information content (AvgIpc) is 2.45. The van der Waals surface area contributed by atoms with Gasteiger partial charge >= 0.3 is 6.09 Å². The first kappa shape index (κ1) is 16.3. The van der Waals surface area contributed by atoms with E-state index in [1.54, 1.807) is 4.90 Å². The second kappa shape index (κ2) is 6.38. The minimum Gasteiger partial charge on any atom is -0.444 e. The number of hydrogen-bond acceptors (Lipinski definition) is 3. The Balaban J connectivity index is 1.98. The third-order valence-corrected chi connectivity index (χ3v) is 3.56. The molecule has 0 spiro atoms. The van der Waals surface area contributed by atoms with Gasteiger partial charge in [-0.3, -0.25) is 4.79 Å². The van der Waals surface area contributed by atoms with Crippen molar-refractivity contribution >= 4 is 12.0 Å². The number of carbonyl (C=O) groups excluding carboxylic acids is 2. The highest BCUT2D eigenvalue weighted by Crippen LogP contribution is 2.17. The summed E-state index contributed by atoms with van der Waals surface area (Å²) in [6.07, 6.45) is -0.314. The van der Waals surface area contributed by atoms with Crippen LogP contribution in [-0.2, 0) is 4.74 Å². The Morgan fingerprint density at radius 1 is 1.14 bits per heavy atom. The first-order chi connectivity index (χ1) is 10.3. The van der Waals surface area contributed by atoms with Gasteiger partial charge in [0, 0.05) is 31.2 Å². The molecule has 0 N–H and O–H groups in total. The van der Waals surface area contributed by atoms with Crippen LogP contribution < -0.4 is 0 Å². The Kier molecular flexibility index (Phi) is 4.74. The molecule has 1 aliphatic heterocycles. The number of hydrogen-bond donors (Lipinski definition) is 0. The molecular weight excluding hydrogens is 280 g/mol. The molecule has 5 heteroatoms. The van der Waals surface area contributed by atoms with E-state index < -0.39 is 5.60 Å². The summed E-state index contributed by atoms with van der Waals surface area (Å²) in [6.45, 7) is 9.02. The molecular formula is C17H24N2O3. The van der Waals surface area contributed by atoms with Crippen molar-refractivity contribution in [3.8, 4) is 0 Å². The quantitative estimate of drug-likeness (QED) is 0.801. The SMILES string of the molecule is C[C@@H]1CN(C(=O)OC(C)(C)C)CCN1C(=O)c1ccccc1. The van der Waals surface area contributed by atoms with Crippen LogP contribution in [0.5, 0.6) is 0 Å². The molecule has 2 amide bonds. The van der Waals surface area contributed by atoms with Crippen LogP contribution in [0, 0.1) is 0 Å². The monoisotopic (exact) mass is 304 g/mol. The summed E-state index contributed by atoms with van der Waals surface area (Å²) >= 11 is 0. The van der Waals surface area contributed by atoms with Gasteiger partial charge < -0.3 is 14.5 Å². The molecule has 1 fully saturated rings. The van der Waals surface area contributed by atoms with Gasteiger partial charge in [-0.05, 0) is 39.8 Å². The van der Waals surface area contributed by atoms with E-state index in [4.69, 9.17) is 4.74 Å². The molecule has 1 aromatic rings. The number of ether oxygens (including phenoxy) is 1. The van der Waals surface area contributed by atoms with Gasteiger partial charge in [0.25, 0.3) is 5.91 Å². The van der Waals surface area contributed by atoms with Crippen LogP contribution in [0.15, 0.2) is 30.3 Å². The van der Waals surface area contributed by atoms with Gasteiger partial charge in [-0.15, -0.1) is 0 Å². The number of nitrogens with zero attached hydrogens (tertiary/aromatic N) is 2. The number of piperazine rings is 1. The molecule has 22 heavy (non-hydrogen) atoms. The number of carbonyl (C=O) groups is 2. The zero-order chi connectivity index (χ0) is 16.3. The summed E-state index contributed by atoms with van der Waals surface area (Å²) in [5.74, 6) is 0.0111. The topological polar surface area (TPSA) is 49.9 Å². The molecule has 1 aromatic carbocycles. The van der Waals surface area contributed by atoms with Crippen LogP contribution in [0.2, 0.25) is 0 Å². The standard InChI is InChI=1S/C17H24N2O3/c1-13-12-18(16(21)22-17(2,3)4)10-11-19(13)15(20)14-8-6-5-7-9-14/h5-9,13H,10-12H2,1-4H3/t13-/m1/s1. The van der Waals surface area contributed by atoms with Crippen LogP contribution in [0.3, 0.4) is 0 Å². The highest BCUT2D eigenvalue weighted by molar-refractivity contribution is 5.94. The Bertz CT molecular complexity index is 537. The van der Waals surface area contributed by atoms with Crippen molar-refractivity contribution in [2.24, 2.45) is 0 Å². The lowest BCUT2D eigenvalue weighted by Crippen LogP contribution is -2.56. The predicted octanol–water partition coefficient (Wildman–Crippen LogP) is 2.77. The van der Waals surface area contributed by atoms with Crippen LogP contribution in [-0.4, -0.2) is 53.1 Å². The van der Waals surface area contributed by atoms with E-state index in [0.29, 0.717) is 25.2 Å². The number of amides is 2.